The number of likely N-dealkylation sites (tertiary alicyclic amines) is 1. The van der Waals surface area contributed by atoms with Crippen LogP contribution in [0.25, 0.3) is 0 Å². The van der Waals surface area contributed by atoms with E-state index in [-0.39, 0.29) is 5.91 Å². The molecule has 22 heavy (non-hydrogen) atoms. The van der Waals surface area contributed by atoms with Gasteiger partial charge in [0, 0.05) is 12.1 Å². The smallest absolute Gasteiger partial charge is 0.251 e. The molecule has 1 saturated heterocycles. The van der Waals surface area contributed by atoms with Crippen molar-refractivity contribution in [3.63, 3.8) is 0 Å². The van der Waals surface area contributed by atoms with Gasteiger partial charge < -0.3 is 15.0 Å². The minimum Gasteiger partial charge on any atom is -0.494 e. The summed E-state index contributed by atoms with van der Waals surface area (Å²) in [5.74, 6) is 0.232. The molecule has 0 bridgehead atoms. The summed E-state index contributed by atoms with van der Waals surface area (Å²) in [6, 6.07) is 3.15. The first kappa shape index (κ1) is 17.4. The third-order valence-electron chi connectivity index (χ3n) is 3.85. The maximum atomic E-state index is 12.1. The van der Waals surface area contributed by atoms with Gasteiger partial charge in [-0.3, -0.25) is 4.79 Å². The lowest BCUT2D eigenvalue weighted by Crippen LogP contribution is -2.33. The SMILES string of the molecule is COc1c(Cl)cc(C(=O)NCCCN2CCCCC2)cc1Cl. The second-order valence-electron chi connectivity index (χ2n) is 5.48. The predicted molar refractivity (Wildman–Crippen MR) is 90.3 cm³/mol. The number of carbonyl (C=O) groups is 1. The van der Waals surface area contributed by atoms with Crippen LogP contribution < -0.4 is 10.1 Å². The zero-order chi connectivity index (χ0) is 15.9. The van der Waals surface area contributed by atoms with Gasteiger partial charge in [-0.25, -0.2) is 0 Å². The van der Waals surface area contributed by atoms with E-state index in [1.165, 1.54) is 39.5 Å². The van der Waals surface area contributed by atoms with E-state index in [0.29, 0.717) is 27.9 Å². The summed E-state index contributed by atoms with van der Waals surface area (Å²) in [6.07, 6.45) is 4.86. The minimum atomic E-state index is -0.162. The lowest BCUT2D eigenvalue weighted by atomic mass is 10.1. The monoisotopic (exact) mass is 344 g/mol. The normalized spacial score (nSPS) is 15.6. The fourth-order valence-electron chi connectivity index (χ4n) is 2.68. The summed E-state index contributed by atoms with van der Waals surface area (Å²) in [4.78, 5) is 14.6. The van der Waals surface area contributed by atoms with Gasteiger partial charge >= 0.3 is 0 Å². The van der Waals surface area contributed by atoms with Gasteiger partial charge in [0.2, 0.25) is 0 Å². The van der Waals surface area contributed by atoms with Crippen molar-refractivity contribution in [1.29, 1.82) is 0 Å². The topological polar surface area (TPSA) is 41.6 Å². The molecular weight excluding hydrogens is 323 g/mol. The van der Waals surface area contributed by atoms with Crippen LogP contribution in [0.2, 0.25) is 10.0 Å². The molecule has 4 nitrogen and oxygen atoms in total. The zero-order valence-electron chi connectivity index (χ0n) is 12.8. The lowest BCUT2D eigenvalue weighted by Gasteiger charge is -2.26. The molecule has 0 spiro atoms. The average Bonchev–Trinajstić information content (AvgIpc) is 2.52. The summed E-state index contributed by atoms with van der Waals surface area (Å²) in [7, 11) is 1.49. The average molecular weight is 345 g/mol. The van der Waals surface area contributed by atoms with Crippen molar-refractivity contribution in [3.05, 3.63) is 27.7 Å². The number of ether oxygens (including phenoxy) is 1. The quantitative estimate of drug-likeness (QED) is 0.801. The van der Waals surface area contributed by atoms with Crippen molar-refractivity contribution < 1.29 is 9.53 Å². The number of piperidine rings is 1. The number of hydrogen-bond donors (Lipinski definition) is 1. The molecule has 1 aromatic rings. The number of rotatable bonds is 6. The Morgan fingerprint density at radius 1 is 1.23 bits per heavy atom. The highest BCUT2D eigenvalue weighted by Gasteiger charge is 2.14. The molecule has 1 aliphatic heterocycles. The molecule has 0 saturated carbocycles. The molecule has 2 rings (SSSR count). The Kier molecular flexibility index (Phi) is 6.80. The van der Waals surface area contributed by atoms with E-state index in [9.17, 15) is 4.79 Å². The first-order valence-corrected chi connectivity index (χ1v) is 8.41. The van der Waals surface area contributed by atoms with Crippen molar-refractivity contribution in [3.8, 4) is 5.75 Å². The van der Waals surface area contributed by atoms with E-state index >= 15 is 0 Å². The highest BCUT2D eigenvalue weighted by molar-refractivity contribution is 6.37. The number of benzene rings is 1. The lowest BCUT2D eigenvalue weighted by molar-refractivity contribution is 0.0951. The van der Waals surface area contributed by atoms with E-state index in [2.05, 4.69) is 10.2 Å². The number of nitrogens with zero attached hydrogens (tertiary/aromatic N) is 1. The van der Waals surface area contributed by atoms with Crippen LogP contribution in [-0.2, 0) is 0 Å². The fraction of sp³-hybridized carbons (Fsp3) is 0.562. The van der Waals surface area contributed by atoms with Gasteiger partial charge in [0.05, 0.1) is 17.2 Å². The molecule has 6 heteroatoms. The largest absolute Gasteiger partial charge is 0.494 e. The maximum absolute atomic E-state index is 12.1. The summed E-state index contributed by atoms with van der Waals surface area (Å²) in [6.45, 7) is 4.04. The number of hydrogen-bond acceptors (Lipinski definition) is 3. The van der Waals surface area contributed by atoms with Gasteiger partial charge in [-0.15, -0.1) is 0 Å². The highest BCUT2D eigenvalue weighted by atomic mass is 35.5. The highest BCUT2D eigenvalue weighted by Crippen LogP contribution is 2.33. The van der Waals surface area contributed by atoms with Crippen LogP contribution in [0.4, 0.5) is 0 Å². The van der Waals surface area contributed by atoms with Crippen molar-refractivity contribution in [1.82, 2.24) is 10.2 Å². The first-order chi connectivity index (χ1) is 10.6. The Balaban J connectivity index is 1.79. The van der Waals surface area contributed by atoms with E-state index in [1.807, 2.05) is 0 Å². The third kappa shape index (κ3) is 4.77. The number of methoxy groups -OCH3 is 1. The molecule has 0 atom stereocenters. The summed E-state index contributed by atoms with van der Waals surface area (Å²) >= 11 is 12.1. The molecule has 1 N–H and O–H groups in total. The molecule has 1 aliphatic rings. The van der Waals surface area contributed by atoms with Crippen molar-refractivity contribution >= 4 is 29.1 Å². The number of amides is 1. The van der Waals surface area contributed by atoms with Crippen LogP contribution in [0.15, 0.2) is 12.1 Å². The van der Waals surface area contributed by atoms with Gasteiger partial charge in [0.15, 0.2) is 5.75 Å². The van der Waals surface area contributed by atoms with Crippen molar-refractivity contribution in [2.45, 2.75) is 25.7 Å². The number of nitrogens with one attached hydrogen (secondary N) is 1. The summed E-state index contributed by atoms with van der Waals surface area (Å²) in [5.41, 5.74) is 0.453. The first-order valence-electron chi connectivity index (χ1n) is 7.65. The van der Waals surface area contributed by atoms with Crippen LogP contribution in [0, 0.1) is 0 Å². The van der Waals surface area contributed by atoms with Crippen LogP contribution in [0.5, 0.6) is 5.75 Å². The van der Waals surface area contributed by atoms with E-state index in [1.54, 1.807) is 12.1 Å². The maximum Gasteiger partial charge on any atom is 0.251 e. The summed E-state index contributed by atoms with van der Waals surface area (Å²) < 4.78 is 5.08. The zero-order valence-corrected chi connectivity index (χ0v) is 14.3. The molecule has 1 amide bonds. The summed E-state index contributed by atoms with van der Waals surface area (Å²) in [5, 5.41) is 3.59. The van der Waals surface area contributed by atoms with Gasteiger partial charge in [-0.05, 0) is 51.0 Å². The molecule has 1 fully saturated rings. The Morgan fingerprint density at radius 2 is 1.86 bits per heavy atom. The van der Waals surface area contributed by atoms with Crippen LogP contribution in [-0.4, -0.2) is 44.1 Å². The van der Waals surface area contributed by atoms with Crippen LogP contribution in [0.1, 0.15) is 36.0 Å². The Bertz CT molecular complexity index is 494. The predicted octanol–water partition coefficient (Wildman–Crippen LogP) is 3.61. The molecule has 0 radical (unpaired) electrons. The van der Waals surface area contributed by atoms with E-state index in [4.69, 9.17) is 27.9 Å². The second-order valence-corrected chi connectivity index (χ2v) is 6.30. The number of carbonyl (C=O) groups excluding carboxylic acids is 1. The Labute approximate surface area is 141 Å². The fourth-order valence-corrected chi connectivity index (χ4v) is 3.32. The Hall–Kier alpha value is -0.970. The van der Waals surface area contributed by atoms with Crippen molar-refractivity contribution in [2.24, 2.45) is 0 Å². The molecule has 122 valence electrons. The van der Waals surface area contributed by atoms with Gasteiger partial charge in [-0.1, -0.05) is 29.6 Å². The molecule has 0 aliphatic carbocycles. The van der Waals surface area contributed by atoms with Gasteiger partial charge in [0.25, 0.3) is 5.91 Å². The number of halogens is 2. The standard InChI is InChI=1S/C16H22Cl2N2O2/c1-22-15-13(17)10-12(11-14(15)18)16(21)19-6-5-9-20-7-3-2-4-8-20/h10-11H,2-9H2,1H3,(H,19,21). The third-order valence-corrected chi connectivity index (χ3v) is 4.41. The van der Waals surface area contributed by atoms with Crippen LogP contribution in [0.3, 0.4) is 0 Å². The van der Waals surface area contributed by atoms with E-state index in [0.717, 1.165) is 13.0 Å². The van der Waals surface area contributed by atoms with Crippen LogP contribution >= 0.6 is 23.2 Å². The molecular formula is C16H22Cl2N2O2. The van der Waals surface area contributed by atoms with E-state index < -0.39 is 0 Å². The van der Waals surface area contributed by atoms with Gasteiger partial charge in [-0.2, -0.15) is 0 Å². The molecule has 0 aromatic heterocycles. The van der Waals surface area contributed by atoms with Gasteiger partial charge in [0.1, 0.15) is 0 Å². The molecule has 0 unspecified atom stereocenters. The minimum absolute atomic E-state index is 0.162. The Morgan fingerprint density at radius 3 is 2.45 bits per heavy atom. The molecule has 1 aromatic carbocycles. The van der Waals surface area contributed by atoms with Crippen molar-refractivity contribution in [2.75, 3.05) is 33.3 Å². The molecule has 1 heterocycles. The second kappa shape index (κ2) is 8.61.